The zero-order valence-electron chi connectivity index (χ0n) is 11.3. The number of amides is 1. The molecule has 4 heteroatoms. The average molecular weight is 250 g/mol. The summed E-state index contributed by atoms with van der Waals surface area (Å²) >= 11 is 0. The van der Waals surface area contributed by atoms with Gasteiger partial charge in [-0.05, 0) is 26.1 Å². The third kappa shape index (κ3) is 5.19. The smallest absolute Gasteiger partial charge is 0.407 e. The Kier molecular flexibility index (Phi) is 6.22. The summed E-state index contributed by atoms with van der Waals surface area (Å²) in [5.74, 6) is 0. The van der Waals surface area contributed by atoms with Gasteiger partial charge in [0.2, 0.25) is 0 Å². The number of hydrogen-bond acceptors (Lipinski definition) is 3. The van der Waals surface area contributed by atoms with Crippen molar-refractivity contribution in [2.45, 2.75) is 19.4 Å². The largest absolute Gasteiger partial charge is 0.450 e. The Morgan fingerprint density at radius 1 is 1.33 bits per heavy atom. The molecular formula is C14H22N2O2. The van der Waals surface area contributed by atoms with Crippen LogP contribution in [-0.4, -0.2) is 38.2 Å². The number of carbonyl (C=O) groups is 1. The summed E-state index contributed by atoms with van der Waals surface area (Å²) in [6.45, 7) is 3.17. The number of nitrogens with zero attached hydrogens (tertiary/aromatic N) is 1. The lowest BCUT2D eigenvalue weighted by Gasteiger charge is -2.22. The highest BCUT2D eigenvalue weighted by Gasteiger charge is 2.15. The Bertz CT molecular complexity index is 352. The van der Waals surface area contributed by atoms with Gasteiger partial charge in [-0.25, -0.2) is 4.79 Å². The van der Waals surface area contributed by atoms with E-state index in [-0.39, 0.29) is 12.1 Å². The van der Waals surface area contributed by atoms with Crippen LogP contribution in [0.2, 0.25) is 0 Å². The van der Waals surface area contributed by atoms with Gasteiger partial charge in [0.15, 0.2) is 0 Å². The Morgan fingerprint density at radius 3 is 2.56 bits per heavy atom. The van der Waals surface area contributed by atoms with Crippen molar-refractivity contribution in [2.75, 3.05) is 27.2 Å². The fourth-order valence-electron chi connectivity index (χ4n) is 1.66. The second-order valence-electron chi connectivity index (χ2n) is 4.51. The zero-order valence-corrected chi connectivity index (χ0v) is 11.3. The van der Waals surface area contributed by atoms with E-state index in [1.165, 1.54) is 0 Å². The van der Waals surface area contributed by atoms with Crippen molar-refractivity contribution in [3.63, 3.8) is 0 Å². The summed E-state index contributed by atoms with van der Waals surface area (Å²) in [6.07, 6.45) is 0.476. The van der Waals surface area contributed by atoms with Crippen molar-refractivity contribution >= 4 is 6.09 Å². The summed E-state index contributed by atoms with van der Waals surface area (Å²) in [4.78, 5) is 13.7. The lowest BCUT2D eigenvalue weighted by atomic mass is 10.1. The molecule has 1 aromatic carbocycles. The molecule has 4 nitrogen and oxygen atoms in total. The average Bonchev–Trinajstić information content (AvgIpc) is 2.36. The van der Waals surface area contributed by atoms with Crippen molar-refractivity contribution in [1.29, 1.82) is 0 Å². The van der Waals surface area contributed by atoms with E-state index in [0.717, 1.165) is 18.5 Å². The van der Waals surface area contributed by atoms with E-state index >= 15 is 0 Å². The number of rotatable bonds is 6. The minimum atomic E-state index is -0.354. The molecule has 0 fully saturated rings. The number of ether oxygens (including phenoxy) is 1. The van der Waals surface area contributed by atoms with Crippen LogP contribution in [-0.2, 0) is 4.74 Å². The number of nitrogens with one attached hydrogen (secondary N) is 1. The topological polar surface area (TPSA) is 41.6 Å². The van der Waals surface area contributed by atoms with Crippen molar-refractivity contribution in [3.05, 3.63) is 35.9 Å². The predicted molar refractivity (Wildman–Crippen MR) is 72.5 cm³/mol. The maximum atomic E-state index is 11.6. The van der Waals surface area contributed by atoms with Gasteiger partial charge in [-0.3, -0.25) is 0 Å². The van der Waals surface area contributed by atoms with E-state index in [1.807, 2.05) is 56.3 Å². The van der Waals surface area contributed by atoms with Crippen molar-refractivity contribution < 1.29 is 9.53 Å². The van der Waals surface area contributed by atoms with Crippen LogP contribution >= 0.6 is 0 Å². The third-order valence-electron chi connectivity index (χ3n) is 2.48. The summed E-state index contributed by atoms with van der Waals surface area (Å²) in [5.41, 5.74) is 1.08. The van der Waals surface area contributed by atoms with Gasteiger partial charge in [-0.1, -0.05) is 37.3 Å². The number of carbonyl (C=O) groups excluding carboxylic acids is 1. The molecule has 0 saturated heterocycles. The summed E-state index contributed by atoms with van der Waals surface area (Å²) in [5, 5.41) is 2.90. The fourth-order valence-corrected chi connectivity index (χ4v) is 1.66. The van der Waals surface area contributed by atoms with Crippen LogP contribution < -0.4 is 5.32 Å². The lowest BCUT2D eigenvalue weighted by molar-refractivity contribution is 0.140. The standard InChI is InChI=1S/C14H22N2O2/c1-4-10-18-14(17)15-13(11-16(2)3)12-8-6-5-7-9-12/h5-9,13H,4,10-11H2,1-3H3,(H,15,17). The highest BCUT2D eigenvalue weighted by Crippen LogP contribution is 2.13. The van der Waals surface area contributed by atoms with E-state index < -0.39 is 0 Å². The molecule has 1 rings (SSSR count). The molecule has 1 N–H and O–H groups in total. The highest BCUT2D eigenvalue weighted by atomic mass is 16.5. The quantitative estimate of drug-likeness (QED) is 0.843. The first-order valence-corrected chi connectivity index (χ1v) is 6.26. The number of alkyl carbamates (subject to hydrolysis) is 1. The van der Waals surface area contributed by atoms with Gasteiger partial charge >= 0.3 is 6.09 Å². The van der Waals surface area contributed by atoms with Crippen LogP contribution in [0.4, 0.5) is 4.79 Å². The molecule has 0 aliphatic heterocycles. The van der Waals surface area contributed by atoms with Gasteiger partial charge in [0, 0.05) is 6.54 Å². The molecule has 100 valence electrons. The van der Waals surface area contributed by atoms with Gasteiger partial charge in [0.1, 0.15) is 0 Å². The molecule has 0 spiro atoms. The van der Waals surface area contributed by atoms with Gasteiger partial charge in [0.05, 0.1) is 12.6 Å². The van der Waals surface area contributed by atoms with Crippen LogP contribution in [0.3, 0.4) is 0 Å². The minimum Gasteiger partial charge on any atom is -0.450 e. The van der Waals surface area contributed by atoms with E-state index in [9.17, 15) is 4.79 Å². The van der Waals surface area contributed by atoms with Gasteiger partial charge < -0.3 is 15.0 Å². The molecule has 0 aliphatic rings. The Morgan fingerprint density at radius 2 is 2.00 bits per heavy atom. The molecule has 1 atom stereocenters. The first-order valence-electron chi connectivity index (χ1n) is 6.26. The van der Waals surface area contributed by atoms with Crippen molar-refractivity contribution in [1.82, 2.24) is 10.2 Å². The van der Waals surface area contributed by atoms with Crippen LogP contribution in [0.25, 0.3) is 0 Å². The molecule has 1 amide bonds. The molecule has 18 heavy (non-hydrogen) atoms. The second kappa shape index (κ2) is 7.71. The van der Waals surface area contributed by atoms with Crippen LogP contribution in [0.5, 0.6) is 0 Å². The first-order chi connectivity index (χ1) is 8.63. The lowest BCUT2D eigenvalue weighted by Crippen LogP contribution is -2.35. The molecule has 0 aromatic heterocycles. The Hall–Kier alpha value is -1.55. The van der Waals surface area contributed by atoms with E-state index in [1.54, 1.807) is 0 Å². The molecule has 0 saturated carbocycles. The van der Waals surface area contributed by atoms with Gasteiger partial charge in [-0.2, -0.15) is 0 Å². The predicted octanol–water partition coefficient (Wildman–Crippen LogP) is 2.43. The zero-order chi connectivity index (χ0) is 13.4. The van der Waals surface area contributed by atoms with Gasteiger partial charge in [0.25, 0.3) is 0 Å². The van der Waals surface area contributed by atoms with E-state index in [2.05, 4.69) is 5.32 Å². The van der Waals surface area contributed by atoms with Crippen molar-refractivity contribution in [3.8, 4) is 0 Å². The second-order valence-corrected chi connectivity index (χ2v) is 4.51. The molecule has 0 bridgehead atoms. The van der Waals surface area contributed by atoms with Crippen molar-refractivity contribution in [2.24, 2.45) is 0 Å². The monoisotopic (exact) mass is 250 g/mol. The molecule has 1 unspecified atom stereocenters. The SMILES string of the molecule is CCCOC(=O)NC(CN(C)C)c1ccccc1. The Balaban J connectivity index is 2.64. The molecule has 0 aliphatic carbocycles. The summed E-state index contributed by atoms with van der Waals surface area (Å²) < 4.78 is 5.06. The molecule has 0 radical (unpaired) electrons. The number of likely N-dealkylation sites (N-methyl/N-ethyl adjacent to an activating group) is 1. The normalized spacial score (nSPS) is 12.2. The maximum Gasteiger partial charge on any atom is 0.407 e. The summed E-state index contributed by atoms with van der Waals surface area (Å²) in [6, 6.07) is 9.87. The Labute approximate surface area is 109 Å². The molecule has 0 heterocycles. The number of benzene rings is 1. The highest BCUT2D eigenvalue weighted by molar-refractivity contribution is 5.67. The first kappa shape index (κ1) is 14.5. The van der Waals surface area contributed by atoms with E-state index in [4.69, 9.17) is 4.74 Å². The van der Waals surface area contributed by atoms with E-state index in [0.29, 0.717) is 6.61 Å². The molecular weight excluding hydrogens is 228 g/mol. The maximum absolute atomic E-state index is 11.6. The van der Waals surface area contributed by atoms with Crippen LogP contribution in [0.1, 0.15) is 24.9 Å². The fraction of sp³-hybridized carbons (Fsp3) is 0.500. The summed E-state index contributed by atoms with van der Waals surface area (Å²) in [7, 11) is 3.96. The van der Waals surface area contributed by atoms with Crippen LogP contribution in [0.15, 0.2) is 30.3 Å². The number of hydrogen-bond donors (Lipinski definition) is 1. The minimum absolute atomic E-state index is 0.0504. The van der Waals surface area contributed by atoms with Crippen LogP contribution in [0, 0.1) is 0 Å². The third-order valence-corrected chi connectivity index (χ3v) is 2.48. The molecule has 1 aromatic rings. The van der Waals surface area contributed by atoms with Gasteiger partial charge in [-0.15, -0.1) is 0 Å².